The van der Waals surface area contributed by atoms with E-state index in [0.29, 0.717) is 12.2 Å². The number of nitrogens with one attached hydrogen (secondary N) is 1. The summed E-state index contributed by atoms with van der Waals surface area (Å²) in [5.41, 5.74) is 4.80. The quantitative estimate of drug-likeness (QED) is 0.608. The van der Waals surface area contributed by atoms with Crippen molar-refractivity contribution < 1.29 is 9.53 Å². The summed E-state index contributed by atoms with van der Waals surface area (Å²) in [6.07, 6.45) is 2.55. The highest BCUT2D eigenvalue weighted by Gasteiger charge is 2.10. The Bertz CT molecular complexity index is 958. The van der Waals surface area contributed by atoms with Crippen LogP contribution in [0.15, 0.2) is 36.5 Å². The van der Waals surface area contributed by atoms with E-state index in [1.54, 1.807) is 16.9 Å². The second-order valence-corrected chi connectivity index (χ2v) is 7.04. The van der Waals surface area contributed by atoms with E-state index in [1.165, 1.54) is 5.56 Å². The van der Waals surface area contributed by atoms with Crippen molar-refractivity contribution >= 4 is 5.91 Å². The molecule has 0 fully saturated rings. The van der Waals surface area contributed by atoms with Crippen LogP contribution < -0.4 is 10.1 Å². The molecule has 3 aromatic rings. The summed E-state index contributed by atoms with van der Waals surface area (Å²) in [5.74, 6) is 0.634. The Morgan fingerprint density at radius 3 is 2.64 bits per heavy atom. The predicted molar refractivity (Wildman–Crippen MR) is 107 cm³/mol. The molecule has 7 heteroatoms. The smallest absolute Gasteiger partial charge is 0.271 e. The molecule has 2 aromatic heterocycles. The van der Waals surface area contributed by atoms with Crippen molar-refractivity contribution in [3.63, 3.8) is 0 Å². The van der Waals surface area contributed by atoms with Crippen LogP contribution in [0, 0.1) is 27.7 Å². The van der Waals surface area contributed by atoms with Gasteiger partial charge in [0.25, 0.3) is 5.91 Å². The normalized spacial score (nSPS) is 10.9. The molecular weight excluding hydrogens is 354 g/mol. The van der Waals surface area contributed by atoms with E-state index in [-0.39, 0.29) is 12.6 Å². The second kappa shape index (κ2) is 8.73. The highest BCUT2D eigenvalue weighted by atomic mass is 16.5. The molecule has 1 amide bonds. The third-order valence-corrected chi connectivity index (χ3v) is 4.49. The van der Waals surface area contributed by atoms with Crippen molar-refractivity contribution in [3.05, 3.63) is 64.7 Å². The second-order valence-electron chi connectivity index (χ2n) is 7.04. The SMILES string of the molecule is Cc1ccc(OCn2ccc(C(=O)NCCCn3nc(C)cc3C)n2)c(C)c1. The molecule has 0 bridgehead atoms. The fourth-order valence-corrected chi connectivity index (χ4v) is 3.07. The third kappa shape index (κ3) is 5.00. The molecule has 0 radical (unpaired) electrons. The lowest BCUT2D eigenvalue weighted by Crippen LogP contribution is -2.26. The number of carbonyl (C=O) groups is 1. The molecule has 2 heterocycles. The number of ether oxygens (including phenoxy) is 1. The zero-order valence-electron chi connectivity index (χ0n) is 16.9. The van der Waals surface area contributed by atoms with Crippen molar-refractivity contribution in [1.29, 1.82) is 0 Å². The van der Waals surface area contributed by atoms with E-state index in [9.17, 15) is 4.79 Å². The van der Waals surface area contributed by atoms with E-state index in [1.807, 2.05) is 50.6 Å². The van der Waals surface area contributed by atoms with E-state index >= 15 is 0 Å². The van der Waals surface area contributed by atoms with Gasteiger partial charge in [0.15, 0.2) is 6.73 Å². The van der Waals surface area contributed by atoms with Gasteiger partial charge < -0.3 is 10.1 Å². The van der Waals surface area contributed by atoms with Gasteiger partial charge in [-0.2, -0.15) is 10.2 Å². The van der Waals surface area contributed by atoms with Gasteiger partial charge in [0, 0.05) is 25.0 Å². The third-order valence-electron chi connectivity index (χ3n) is 4.49. The van der Waals surface area contributed by atoms with Crippen LogP contribution in [0.1, 0.15) is 39.4 Å². The van der Waals surface area contributed by atoms with Crippen LogP contribution in [0.3, 0.4) is 0 Å². The molecule has 148 valence electrons. The minimum Gasteiger partial charge on any atom is -0.471 e. The number of hydrogen-bond acceptors (Lipinski definition) is 4. The number of hydrogen-bond donors (Lipinski definition) is 1. The summed E-state index contributed by atoms with van der Waals surface area (Å²) in [6, 6.07) is 9.78. The van der Waals surface area contributed by atoms with Crippen molar-refractivity contribution in [3.8, 4) is 5.75 Å². The molecular formula is C21H27N5O2. The molecule has 0 saturated carbocycles. The minimum atomic E-state index is -0.182. The lowest BCUT2D eigenvalue weighted by Gasteiger charge is -2.09. The van der Waals surface area contributed by atoms with Crippen molar-refractivity contribution in [2.75, 3.05) is 6.54 Å². The first kappa shape index (κ1) is 19.7. The van der Waals surface area contributed by atoms with E-state index in [4.69, 9.17) is 4.74 Å². The summed E-state index contributed by atoms with van der Waals surface area (Å²) < 4.78 is 9.36. The van der Waals surface area contributed by atoms with Crippen LogP contribution in [-0.4, -0.2) is 32.0 Å². The fraction of sp³-hybridized carbons (Fsp3) is 0.381. The number of aromatic nitrogens is 4. The van der Waals surface area contributed by atoms with Gasteiger partial charge in [-0.3, -0.25) is 9.48 Å². The lowest BCUT2D eigenvalue weighted by atomic mass is 10.1. The Labute approximate surface area is 165 Å². The van der Waals surface area contributed by atoms with Gasteiger partial charge in [0.05, 0.1) is 5.69 Å². The average molecular weight is 381 g/mol. The van der Waals surface area contributed by atoms with Crippen LogP contribution in [0.25, 0.3) is 0 Å². The highest BCUT2D eigenvalue weighted by molar-refractivity contribution is 5.92. The van der Waals surface area contributed by atoms with Crippen molar-refractivity contribution in [1.82, 2.24) is 24.9 Å². The largest absolute Gasteiger partial charge is 0.471 e. The molecule has 0 unspecified atom stereocenters. The first-order valence-corrected chi connectivity index (χ1v) is 9.45. The van der Waals surface area contributed by atoms with E-state index in [2.05, 4.69) is 21.6 Å². The summed E-state index contributed by atoms with van der Waals surface area (Å²) >= 11 is 0. The maximum atomic E-state index is 12.3. The van der Waals surface area contributed by atoms with Crippen LogP contribution >= 0.6 is 0 Å². The lowest BCUT2D eigenvalue weighted by molar-refractivity contribution is 0.0945. The van der Waals surface area contributed by atoms with Crippen molar-refractivity contribution in [2.45, 2.75) is 47.4 Å². The Morgan fingerprint density at radius 1 is 1.11 bits per heavy atom. The molecule has 0 aliphatic heterocycles. The molecule has 1 N–H and O–H groups in total. The number of amides is 1. The zero-order chi connectivity index (χ0) is 20.1. The molecule has 28 heavy (non-hydrogen) atoms. The monoisotopic (exact) mass is 381 g/mol. The molecule has 0 saturated heterocycles. The molecule has 3 rings (SSSR count). The number of carbonyl (C=O) groups excluding carboxylic acids is 1. The Hall–Kier alpha value is -3.09. The molecule has 1 aromatic carbocycles. The molecule has 7 nitrogen and oxygen atoms in total. The first-order valence-electron chi connectivity index (χ1n) is 9.45. The molecule has 0 atom stereocenters. The molecule has 0 aliphatic rings. The number of aryl methyl sites for hydroxylation is 5. The predicted octanol–water partition coefficient (Wildman–Crippen LogP) is 3.17. The number of rotatable bonds is 8. The summed E-state index contributed by atoms with van der Waals surface area (Å²) in [5, 5.41) is 11.6. The maximum absolute atomic E-state index is 12.3. The summed E-state index contributed by atoms with van der Waals surface area (Å²) in [6.45, 7) is 9.68. The van der Waals surface area contributed by atoms with E-state index < -0.39 is 0 Å². The number of nitrogens with zero attached hydrogens (tertiary/aromatic N) is 4. The van der Waals surface area contributed by atoms with Gasteiger partial charge in [-0.05, 0) is 57.9 Å². The summed E-state index contributed by atoms with van der Waals surface area (Å²) in [4.78, 5) is 12.3. The molecule has 0 aliphatic carbocycles. The summed E-state index contributed by atoms with van der Waals surface area (Å²) in [7, 11) is 0. The standard InChI is InChI=1S/C21H27N5O2/c1-15-6-7-20(16(2)12-15)28-14-25-11-8-19(24-25)21(27)22-9-5-10-26-18(4)13-17(3)23-26/h6-8,11-13H,5,9-10,14H2,1-4H3,(H,22,27). The Kier molecular flexibility index (Phi) is 6.13. The fourth-order valence-electron chi connectivity index (χ4n) is 3.07. The molecule has 0 spiro atoms. The van der Waals surface area contributed by atoms with E-state index in [0.717, 1.165) is 35.7 Å². The average Bonchev–Trinajstić information content (AvgIpc) is 3.24. The van der Waals surface area contributed by atoms with Gasteiger partial charge in [-0.1, -0.05) is 17.7 Å². The van der Waals surface area contributed by atoms with Gasteiger partial charge in [0.2, 0.25) is 0 Å². The van der Waals surface area contributed by atoms with Crippen LogP contribution in [0.5, 0.6) is 5.75 Å². The van der Waals surface area contributed by atoms with Gasteiger partial charge in [0.1, 0.15) is 11.4 Å². The Balaban J connectivity index is 1.45. The van der Waals surface area contributed by atoms with Gasteiger partial charge in [-0.25, -0.2) is 4.68 Å². The zero-order valence-corrected chi connectivity index (χ0v) is 16.9. The minimum absolute atomic E-state index is 0.182. The van der Waals surface area contributed by atoms with Crippen LogP contribution in [0.2, 0.25) is 0 Å². The van der Waals surface area contributed by atoms with Crippen molar-refractivity contribution in [2.24, 2.45) is 0 Å². The van der Waals surface area contributed by atoms with Crippen LogP contribution in [-0.2, 0) is 13.3 Å². The first-order chi connectivity index (χ1) is 13.4. The Morgan fingerprint density at radius 2 is 1.93 bits per heavy atom. The topological polar surface area (TPSA) is 74.0 Å². The van der Waals surface area contributed by atoms with Crippen LogP contribution in [0.4, 0.5) is 0 Å². The highest BCUT2D eigenvalue weighted by Crippen LogP contribution is 2.19. The number of benzene rings is 1. The van der Waals surface area contributed by atoms with Gasteiger partial charge in [-0.15, -0.1) is 0 Å². The maximum Gasteiger partial charge on any atom is 0.271 e. The van der Waals surface area contributed by atoms with Gasteiger partial charge >= 0.3 is 0 Å².